The molecule has 30 heavy (non-hydrogen) atoms. The zero-order valence-corrected chi connectivity index (χ0v) is 17.4. The van der Waals surface area contributed by atoms with Crippen LogP contribution in [-0.4, -0.2) is 76.8 Å². The molecule has 1 spiro atoms. The number of halogens is 1. The van der Waals surface area contributed by atoms with Crippen LogP contribution < -0.4 is 5.32 Å². The number of nitrogens with one attached hydrogen (secondary N) is 1. The van der Waals surface area contributed by atoms with Crippen molar-refractivity contribution in [2.45, 2.75) is 50.6 Å². The van der Waals surface area contributed by atoms with E-state index in [2.05, 4.69) is 17.1 Å². The Hall–Kier alpha value is -2.48. The summed E-state index contributed by atoms with van der Waals surface area (Å²) in [6, 6.07) is 5.28. The smallest absolute Gasteiger partial charge is 0.325 e. The van der Waals surface area contributed by atoms with E-state index in [4.69, 9.17) is 0 Å². The van der Waals surface area contributed by atoms with Gasteiger partial charge >= 0.3 is 6.03 Å². The van der Waals surface area contributed by atoms with Gasteiger partial charge < -0.3 is 15.1 Å². The third kappa shape index (κ3) is 3.93. The minimum atomic E-state index is -0.789. The van der Waals surface area contributed by atoms with Crippen molar-refractivity contribution >= 4 is 17.8 Å². The van der Waals surface area contributed by atoms with Crippen LogP contribution in [0, 0.1) is 5.82 Å². The van der Waals surface area contributed by atoms with Crippen LogP contribution in [0.2, 0.25) is 0 Å². The van der Waals surface area contributed by atoms with Crippen molar-refractivity contribution < 1.29 is 18.8 Å². The number of carbonyl (C=O) groups is 3. The van der Waals surface area contributed by atoms with E-state index < -0.39 is 5.54 Å². The lowest BCUT2D eigenvalue weighted by molar-refractivity contribution is -0.138. The number of nitrogens with zero attached hydrogens (tertiary/aromatic N) is 3. The molecule has 7 nitrogen and oxygen atoms in total. The highest BCUT2D eigenvalue weighted by atomic mass is 19.1. The molecule has 3 heterocycles. The Morgan fingerprint density at radius 3 is 2.53 bits per heavy atom. The fourth-order valence-electron chi connectivity index (χ4n) is 4.84. The molecule has 1 aromatic carbocycles. The van der Waals surface area contributed by atoms with Gasteiger partial charge in [-0.1, -0.05) is 19.1 Å². The quantitative estimate of drug-likeness (QED) is 0.760. The van der Waals surface area contributed by atoms with Crippen molar-refractivity contribution in [3.8, 4) is 0 Å². The SMILES string of the molecule is CCN1CCC2(CC1)NC(=O)N(C1CCCN(C(=O)Cc3ccc(F)cc3)C1)C2=O. The number of benzene rings is 1. The Bertz CT molecular complexity index is 820. The number of piperidine rings is 2. The topological polar surface area (TPSA) is 73.0 Å². The monoisotopic (exact) mass is 416 g/mol. The molecule has 0 aromatic heterocycles. The second-order valence-corrected chi connectivity index (χ2v) is 8.56. The Labute approximate surface area is 176 Å². The van der Waals surface area contributed by atoms with Gasteiger partial charge in [-0.15, -0.1) is 0 Å². The molecule has 4 amide bonds. The molecule has 1 unspecified atom stereocenters. The number of urea groups is 1. The Morgan fingerprint density at radius 2 is 1.87 bits per heavy atom. The van der Waals surface area contributed by atoms with E-state index in [1.54, 1.807) is 17.0 Å². The molecule has 8 heteroatoms. The van der Waals surface area contributed by atoms with Gasteiger partial charge in [0.25, 0.3) is 5.91 Å². The maximum absolute atomic E-state index is 13.3. The molecule has 0 aliphatic carbocycles. The standard InChI is InChI=1S/C22H29FN4O3/c1-2-25-12-9-22(10-13-25)20(29)27(21(30)24-22)18-4-3-11-26(15-18)19(28)14-16-5-7-17(23)8-6-16/h5-8,18H,2-4,9-15H2,1H3,(H,24,30). The molecule has 1 atom stereocenters. The van der Waals surface area contributed by atoms with Crippen LogP contribution in [0.4, 0.5) is 9.18 Å². The van der Waals surface area contributed by atoms with Crippen LogP contribution in [0.15, 0.2) is 24.3 Å². The van der Waals surface area contributed by atoms with E-state index >= 15 is 0 Å². The number of imide groups is 1. The van der Waals surface area contributed by atoms with Gasteiger partial charge in [-0.25, -0.2) is 9.18 Å². The van der Waals surface area contributed by atoms with E-state index in [9.17, 15) is 18.8 Å². The fourth-order valence-corrected chi connectivity index (χ4v) is 4.84. The van der Waals surface area contributed by atoms with Gasteiger partial charge in [-0.2, -0.15) is 0 Å². The van der Waals surface area contributed by atoms with Crippen molar-refractivity contribution in [2.75, 3.05) is 32.7 Å². The Kier molecular flexibility index (Phi) is 5.77. The summed E-state index contributed by atoms with van der Waals surface area (Å²) in [7, 11) is 0. The number of hydrogen-bond acceptors (Lipinski definition) is 4. The second-order valence-electron chi connectivity index (χ2n) is 8.56. The molecule has 1 aromatic rings. The first-order chi connectivity index (χ1) is 14.4. The maximum atomic E-state index is 13.3. The highest BCUT2D eigenvalue weighted by molar-refractivity contribution is 6.07. The van der Waals surface area contributed by atoms with Gasteiger partial charge in [0, 0.05) is 26.2 Å². The molecular formula is C22H29FN4O3. The van der Waals surface area contributed by atoms with Crippen molar-refractivity contribution in [1.82, 2.24) is 20.0 Å². The molecule has 162 valence electrons. The molecule has 3 aliphatic heterocycles. The molecule has 3 aliphatic rings. The number of likely N-dealkylation sites (tertiary alicyclic amines) is 2. The highest BCUT2D eigenvalue weighted by Gasteiger charge is 2.54. The molecule has 1 N–H and O–H groups in total. The fraction of sp³-hybridized carbons (Fsp3) is 0.591. The molecule has 4 rings (SSSR count). The van der Waals surface area contributed by atoms with Crippen LogP contribution in [0.5, 0.6) is 0 Å². The van der Waals surface area contributed by atoms with Crippen LogP contribution >= 0.6 is 0 Å². The second kappa shape index (κ2) is 8.34. The van der Waals surface area contributed by atoms with Crippen molar-refractivity contribution in [3.05, 3.63) is 35.6 Å². The summed E-state index contributed by atoms with van der Waals surface area (Å²) in [5.41, 5.74) is -0.0384. The first kappa shape index (κ1) is 20.8. The Morgan fingerprint density at radius 1 is 1.17 bits per heavy atom. The molecule has 0 bridgehead atoms. The van der Waals surface area contributed by atoms with Gasteiger partial charge in [-0.3, -0.25) is 14.5 Å². The van der Waals surface area contributed by atoms with Crippen molar-refractivity contribution in [1.29, 1.82) is 0 Å². The molecule has 3 saturated heterocycles. The summed E-state index contributed by atoms with van der Waals surface area (Å²) in [4.78, 5) is 44.2. The molecule has 0 radical (unpaired) electrons. The molecule has 3 fully saturated rings. The minimum absolute atomic E-state index is 0.0654. The van der Waals surface area contributed by atoms with Gasteiger partial charge in [-0.05, 0) is 49.9 Å². The largest absolute Gasteiger partial charge is 0.340 e. The minimum Gasteiger partial charge on any atom is -0.340 e. The van der Waals surface area contributed by atoms with E-state index in [0.29, 0.717) is 32.4 Å². The lowest BCUT2D eigenvalue weighted by Crippen LogP contribution is -2.56. The summed E-state index contributed by atoms with van der Waals surface area (Å²) in [5, 5.41) is 2.97. The average molecular weight is 416 g/mol. The van der Waals surface area contributed by atoms with Crippen LogP contribution in [0.3, 0.4) is 0 Å². The van der Waals surface area contributed by atoms with Gasteiger partial charge in [0.2, 0.25) is 5.91 Å². The van der Waals surface area contributed by atoms with Crippen molar-refractivity contribution in [3.63, 3.8) is 0 Å². The van der Waals surface area contributed by atoms with Gasteiger partial charge in [0.1, 0.15) is 11.4 Å². The van der Waals surface area contributed by atoms with E-state index in [-0.39, 0.29) is 36.1 Å². The van der Waals surface area contributed by atoms with Crippen LogP contribution in [0.1, 0.15) is 38.2 Å². The summed E-state index contributed by atoms with van der Waals surface area (Å²) >= 11 is 0. The highest BCUT2D eigenvalue weighted by Crippen LogP contribution is 2.32. The number of amides is 4. The first-order valence-corrected chi connectivity index (χ1v) is 10.8. The van der Waals surface area contributed by atoms with Crippen LogP contribution in [-0.2, 0) is 16.0 Å². The number of carbonyl (C=O) groups excluding carboxylic acids is 3. The predicted molar refractivity (Wildman–Crippen MR) is 109 cm³/mol. The summed E-state index contributed by atoms with van der Waals surface area (Å²) in [6.07, 6.45) is 2.89. The lowest BCUT2D eigenvalue weighted by Gasteiger charge is -2.39. The summed E-state index contributed by atoms with van der Waals surface area (Å²) in [5.74, 6) is -0.535. The summed E-state index contributed by atoms with van der Waals surface area (Å²) in [6.45, 7) is 5.59. The lowest BCUT2D eigenvalue weighted by atomic mass is 9.87. The maximum Gasteiger partial charge on any atom is 0.325 e. The summed E-state index contributed by atoms with van der Waals surface area (Å²) < 4.78 is 13.1. The predicted octanol–water partition coefficient (Wildman–Crippen LogP) is 1.77. The van der Waals surface area contributed by atoms with Gasteiger partial charge in [0.05, 0.1) is 12.5 Å². The number of hydrogen-bond donors (Lipinski definition) is 1. The normalized spacial score (nSPS) is 24.4. The third-order valence-corrected chi connectivity index (χ3v) is 6.73. The van der Waals surface area contributed by atoms with E-state index in [1.807, 2.05) is 0 Å². The number of rotatable bonds is 4. The van der Waals surface area contributed by atoms with E-state index in [0.717, 1.165) is 31.6 Å². The third-order valence-electron chi connectivity index (χ3n) is 6.73. The van der Waals surface area contributed by atoms with Crippen molar-refractivity contribution in [2.24, 2.45) is 0 Å². The van der Waals surface area contributed by atoms with E-state index in [1.165, 1.54) is 17.0 Å². The van der Waals surface area contributed by atoms with Crippen LogP contribution in [0.25, 0.3) is 0 Å². The average Bonchev–Trinajstić information content (AvgIpc) is 2.99. The zero-order chi connectivity index (χ0) is 21.3. The zero-order valence-electron chi connectivity index (χ0n) is 17.4. The first-order valence-electron chi connectivity index (χ1n) is 10.8. The Balaban J connectivity index is 1.41. The van der Waals surface area contributed by atoms with Gasteiger partial charge in [0.15, 0.2) is 0 Å². The molecular weight excluding hydrogens is 387 g/mol. The molecule has 0 saturated carbocycles.